The van der Waals surface area contributed by atoms with E-state index in [1.807, 2.05) is 24.9 Å². The molecule has 1 atom stereocenters. The molecule has 1 aliphatic heterocycles. The van der Waals surface area contributed by atoms with E-state index in [4.69, 9.17) is 10.7 Å². The molecule has 3 rings (SSSR count). The van der Waals surface area contributed by atoms with Gasteiger partial charge in [0, 0.05) is 44.0 Å². The Morgan fingerprint density at radius 1 is 1.25 bits per heavy atom. The smallest absolute Gasteiger partial charge is 0.248 e. The molecule has 2 aromatic rings. The molecule has 174 valence electrons. The predicted molar refractivity (Wildman–Crippen MR) is 130 cm³/mol. The van der Waals surface area contributed by atoms with Crippen LogP contribution >= 0.6 is 0 Å². The van der Waals surface area contributed by atoms with Gasteiger partial charge in [-0.3, -0.25) is 4.79 Å². The number of nitrogens with two attached hydrogens (primary N) is 1. The summed E-state index contributed by atoms with van der Waals surface area (Å²) in [6, 6.07) is 5.59. The van der Waals surface area contributed by atoms with E-state index in [-0.39, 0.29) is 5.41 Å². The Kier molecular flexibility index (Phi) is 7.18. The lowest BCUT2D eigenvalue weighted by atomic mass is 9.96. The van der Waals surface area contributed by atoms with Crippen molar-refractivity contribution in [2.75, 3.05) is 48.8 Å². The van der Waals surface area contributed by atoms with E-state index in [1.54, 1.807) is 12.1 Å². The second kappa shape index (κ2) is 9.68. The Bertz CT molecular complexity index is 955. The lowest BCUT2D eigenvalue weighted by molar-refractivity contribution is 0.100. The number of rotatable bonds is 8. The first-order chi connectivity index (χ1) is 15.0. The second-order valence-electron chi connectivity index (χ2n) is 9.74. The summed E-state index contributed by atoms with van der Waals surface area (Å²) in [6.07, 6.45) is 1.05. The molecule has 4 N–H and O–H groups in total. The summed E-state index contributed by atoms with van der Waals surface area (Å²) in [4.78, 5) is 30.1. The van der Waals surface area contributed by atoms with Crippen molar-refractivity contribution < 1.29 is 4.79 Å². The summed E-state index contributed by atoms with van der Waals surface area (Å²) in [7, 11) is 1.99. The average molecular weight is 441 g/mol. The molecule has 1 aromatic heterocycles. The van der Waals surface area contributed by atoms with Crippen LogP contribution in [0.3, 0.4) is 0 Å². The Hall–Kier alpha value is -2.94. The van der Waals surface area contributed by atoms with E-state index in [1.165, 1.54) is 0 Å². The van der Waals surface area contributed by atoms with Gasteiger partial charge < -0.3 is 26.2 Å². The first kappa shape index (κ1) is 23.7. The van der Waals surface area contributed by atoms with Crippen LogP contribution in [0.4, 0.5) is 23.5 Å². The van der Waals surface area contributed by atoms with Gasteiger partial charge >= 0.3 is 0 Å². The molecule has 32 heavy (non-hydrogen) atoms. The fourth-order valence-corrected chi connectivity index (χ4v) is 3.89. The topological polar surface area (TPSA) is 112 Å². The van der Waals surface area contributed by atoms with Crippen LogP contribution < -0.4 is 21.3 Å². The summed E-state index contributed by atoms with van der Waals surface area (Å²) in [6.45, 7) is 14.5. The van der Waals surface area contributed by atoms with E-state index in [0.717, 1.165) is 43.9 Å². The zero-order chi connectivity index (χ0) is 23.5. The summed E-state index contributed by atoms with van der Waals surface area (Å²) >= 11 is 0. The van der Waals surface area contributed by atoms with Gasteiger partial charge in [-0.1, -0.05) is 33.8 Å². The third kappa shape index (κ3) is 6.29. The number of amides is 1. The van der Waals surface area contributed by atoms with Gasteiger partial charge in [-0.15, -0.1) is 0 Å². The van der Waals surface area contributed by atoms with Crippen LogP contribution in [0.25, 0.3) is 0 Å². The Labute approximate surface area is 190 Å². The molecular weight excluding hydrogens is 404 g/mol. The SMILES string of the molecule is CCN1CC[C@@H](Nc2nc(Nc3cc(C(N)=O)ccc3C)nc(N(C)CC(C)(C)C)n2)C1. The second-order valence-corrected chi connectivity index (χ2v) is 9.74. The molecule has 0 aliphatic carbocycles. The summed E-state index contributed by atoms with van der Waals surface area (Å²) < 4.78 is 0. The number of likely N-dealkylation sites (N-methyl/N-ethyl adjacent to an activating group) is 1. The van der Waals surface area contributed by atoms with E-state index >= 15 is 0 Å². The quantitative estimate of drug-likeness (QED) is 0.574. The Morgan fingerprint density at radius 3 is 2.59 bits per heavy atom. The van der Waals surface area contributed by atoms with Gasteiger partial charge in [0.2, 0.25) is 23.8 Å². The maximum absolute atomic E-state index is 11.6. The number of likely N-dealkylation sites (tertiary alicyclic amines) is 1. The third-order valence-corrected chi connectivity index (χ3v) is 5.50. The first-order valence-corrected chi connectivity index (χ1v) is 11.2. The van der Waals surface area contributed by atoms with E-state index in [0.29, 0.717) is 29.5 Å². The van der Waals surface area contributed by atoms with E-state index in [9.17, 15) is 4.79 Å². The van der Waals surface area contributed by atoms with Crippen LogP contribution in [-0.2, 0) is 0 Å². The molecule has 0 unspecified atom stereocenters. The molecule has 1 aromatic carbocycles. The summed E-state index contributed by atoms with van der Waals surface area (Å²) in [5.41, 5.74) is 7.67. The third-order valence-electron chi connectivity index (χ3n) is 5.50. The number of hydrogen-bond acceptors (Lipinski definition) is 8. The van der Waals surface area contributed by atoms with E-state index < -0.39 is 5.91 Å². The van der Waals surface area contributed by atoms with Gasteiger partial charge in [-0.05, 0) is 43.0 Å². The fraction of sp³-hybridized carbons (Fsp3) is 0.565. The number of nitrogens with zero attached hydrogens (tertiary/aromatic N) is 5. The molecule has 0 bridgehead atoms. The molecule has 1 saturated heterocycles. The van der Waals surface area contributed by atoms with Crippen molar-refractivity contribution in [2.45, 2.75) is 47.1 Å². The first-order valence-electron chi connectivity index (χ1n) is 11.2. The number of primary amides is 1. The normalized spacial score (nSPS) is 16.8. The molecule has 9 nitrogen and oxygen atoms in total. The number of carbonyl (C=O) groups is 1. The number of carbonyl (C=O) groups excluding carboxylic acids is 1. The summed E-state index contributed by atoms with van der Waals surface area (Å²) in [5, 5.41) is 6.75. The fourth-order valence-electron chi connectivity index (χ4n) is 3.89. The predicted octanol–water partition coefficient (Wildman–Crippen LogP) is 3.01. The van der Waals surface area contributed by atoms with Gasteiger partial charge in [0.05, 0.1) is 0 Å². The van der Waals surface area contributed by atoms with Crippen molar-refractivity contribution in [2.24, 2.45) is 11.1 Å². The number of nitrogens with one attached hydrogen (secondary N) is 2. The molecule has 0 spiro atoms. The van der Waals surface area contributed by atoms with Crippen molar-refractivity contribution in [1.29, 1.82) is 0 Å². The zero-order valence-corrected chi connectivity index (χ0v) is 20.1. The van der Waals surface area contributed by atoms with Gasteiger partial charge in [0.1, 0.15) is 0 Å². The van der Waals surface area contributed by atoms with Crippen LogP contribution in [0.15, 0.2) is 18.2 Å². The highest BCUT2D eigenvalue weighted by Crippen LogP contribution is 2.24. The van der Waals surface area contributed by atoms with Crippen molar-refractivity contribution >= 4 is 29.4 Å². The largest absolute Gasteiger partial charge is 0.366 e. The van der Waals surface area contributed by atoms with Crippen LogP contribution in [0.5, 0.6) is 0 Å². The average Bonchev–Trinajstić information content (AvgIpc) is 3.15. The van der Waals surface area contributed by atoms with Gasteiger partial charge in [0.25, 0.3) is 0 Å². The summed E-state index contributed by atoms with van der Waals surface area (Å²) in [5.74, 6) is 1.09. The maximum Gasteiger partial charge on any atom is 0.248 e. The van der Waals surface area contributed by atoms with Gasteiger partial charge in [-0.25, -0.2) is 0 Å². The van der Waals surface area contributed by atoms with Crippen LogP contribution in [0.1, 0.15) is 50.0 Å². The molecule has 0 saturated carbocycles. The lowest BCUT2D eigenvalue weighted by Gasteiger charge is -2.27. The Balaban J connectivity index is 1.91. The minimum Gasteiger partial charge on any atom is -0.366 e. The molecule has 2 heterocycles. The number of anilines is 4. The Morgan fingerprint density at radius 2 is 1.97 bits per heavy atom. The van der Waals surface area contributed by atoms with Crippen LogP contribution in [0, 0.1) is 12.3 Å². The van der Waals surface area contributed by atoms with Crippen molar-refractivity contribution in [1.82, 2.24) is 19.9 Å². The van der Waals surface area contributed by atoms with Crippen LogP contribution in [0.2, 0.25) is 0 Å². The van der Waals surface area contributed by atoms with Crippen molar-refractivity contribution in [3.8, 4) is 0 Å². The minimum absolute atomic E-state index is 0.0854. The van der Waals surface area contributed by atoms with Crippen LogP contribution in [-0.4, -0.2) is 65.0 Å². The minimum atomic E-state index is -0.474. The number of aryl methyl sites for hydroxylation is 1. The number of benzene rings is 1. The molecule has 9 heteroatoms. The zero-order valence-electron chi connectivity index (χ0n) is 20.1. The highest BCUT2D eigenvalue weighted by molar-refractivity contribution is 5.94. The van der Waals surface area contributed by atoms with E-state index in [2.05, 4.69) is 53.2 Å². The highest BCUT2D eigenvalue weighted by Gasteiger charge is 2.23. The van der Waals surface area contributed by atoms with Crippen molar-refractivity contribution in [3.05, 3.63) is 29.3 Å². The molecule has 0 radical (unpaired) electrons. The standard InChI is InChI=1S/C23H36N8O/c1-7-31-11-10-17(13-31)25-20-27-21(29-22(28-20)30(6)14-23(3,4)5)26-18-12-16(19(24)32)9-8-15(18)2/h8-9,12,17H,7,10-11,13-14H2,1-6H3,(H2,24,32)(H2,25,26,27,28,29)/t17-/m1/s1. The molecule has 1 fully saturated rings. The lowest BCUT2D eigenvalue weighted by Crippen LogP contribution is -2.31. The van der Waals surface area contributed by atoms with Gasteiger partial charge in [0.15, 0.2) is 0 Å². The molecule has 1 amide bonds. The van der Waals surface area contributed by atoms with Crippen molar-refractivity contribution in [3.63, 3.8) is 0 Å². The van der Waals surface area contributed by atoms with Gasteiger partial charge in [-0.2, -0.15) is 15.0 Å². The highest BCUT2D eigenvalue weighted by atomic mass is 16.1. The molecular formula is C23H36N8O. The monoisotopic (exact) mass is 440 g/mol. The molecule has 1 aliphatic rings. The maximum atomic E-state index is 11.6. The number of aromatic nitrogens is 3. The number of hydrogen-bond donors (Lipinski definition) is 3.